The second kappa shape index (κ2) is 9.21. The van der Waals surface area contributed by atoms with Crippen LogP contribution in [0.2, 0.25) is 0 Å². The summed E-state index contributed by atoms with van der Waals surface area (Å²) in [6.07, 6.45) is 0. The number of aliphatic hydroxyl groups excluding tert-OH is 1. The molecule has 0 radical (unpaired) electrons. The van der Waals surface area contributed by atoms with Crippen LogP contribution in [0.5, 0.6) is 5.75 Å². The first-order chi connectivity index (χ1) is 16.2. The number of ketones is 1. The summed E-state index contributed by atoms with van der Waals surface area (Å²) in [4.78, 5) is 27.8. The third-order valence-electron chi connectivity index (χ3n) is 5.81. The molecular weight excluding hydrogens is 430 g/mol. The Morgan fingerprint density at radius 2 is 1.74 bits per heavy atom. The van der Waals surface area contributed by atoms with Gasteiger partial charge in [0, 0.05) is 11.3 Å². The summed E-state index contributed by atoms with van der Waals surface area (Å²) in [5.41, 5.74) is 2.84. The van der Waals surface area contributed by atoms with Gasteiger partial charge in [0.05, 0.1) is 12.2 Å². The van der Waals surface area contributed by atoms with Crippen molar-refractivity contribution < 1.29 is 23.8 Å². The molecule has 1 aliphatic rings. The molecule has 1 aliphatic heterocycles. The molecule has 3 aromatic rings. The summed E-state index contributed by atoms with van der Waals surface area (Å²) in [7, 11) is 0. The fraction of sp³-hybridized carbons (Fsp3) is 0.286. The van der Waals surface area contributed by atoms with Gasteiger partial charge < -0.3 is 14.3 Å². The van der Waals surface area contributed by atoms with Crippen LogP contribution in [-0.4, -0.2) is 23.4 Å². The third kappa shape index (κ3) is 4.36. The lowest BCUT2D eigenvalue weighted by atomic mass is 9.98. The molecule has 1 atom stereocenters. The minimum Gasteiger partial charge on any atom is -0.507 e. The van der Waals surface area contributed by atoms with Crippen molar-refractivity contribution in [1.82, 2.24) is 0 Å². The SMILES string of the molecule is Cc1ccc(N2C(=O)C(=O)/C(=C(\O)c3ccc(OCC(C)C)c(C)c3)C2c2ccc(C)o2)cc1. The lowest BCUT2D eigenvalue weighted by Gasteiger charge is -2.23. The van der Waals surface area contributed by atoms with Crippen LogP contribution >= 0.6 is 0 Å². The average Bonchev–Trinajstić information content (AvgIpc) is 3.34. The van der Waals surface area contributed by atoms with Gasteiger partial charge in [-0.25, -0.2) is 0 Å². The molecule has 2 aromatic carbocycles. The highest BCUT2D eigenvalue weighted by atomic mass is 16.5. The second-order valence-electron chi connectivity index (χ2n) is 9.14. The summed E-state index contributed by atoms with van der Waals surface area (Å²) in [6, 6.07) is 15.2. The Labute approximate surface area is 199 Å². The molecule has 176 valence electrons. The highest BCUT2D eigenvalue weighted by molar-refractivity contribution is 6.51. The van der Waals surface area contributed by atoms with E-state index in [1.54, 1.807) is 49.4 Å². The Kier molecular flexibility index (Phi) is 6.33. The van der Waals surface area contributed by atoms with Crippen LogP contribution in [0.3, 0.4) is 0 Å². The van der Waals surface area contributed by atoms with E-state index in [0.29, 0.717) is 41.0 Å². The van der Waals surface area contributed by atoms with E-state index in [9.17, 15) is 14.7 Å². The van der Waals surface area contributed by atoms with Crippen LogP contribution in [0.25, 0.3) is 5.76 Å². The minimum absolute atomic E-state index is 0.00447. The number of rotatable bonds is 6. The Balaban J connectivity index is 1.82. The normalized spacial score (nSPS) is 17.6. The van der Waals surface area contributed by atoms with Gasteiger partial charge in [-0.15, -0.1) is 0 Å². The summed E-state index contributed by atoms with van der Waals surface area (Å²) in [6.45, 7) is 10.3. The molecule has 1 fully saturated rings. The summed E-state index contributed by atoms with van der Waals surface area (Å²) in [5.74, 6) is 0.434. The molecule has 1 aromatic heterocycles. The maximum Gasteiger partial charge on any atom is 0.300 e. The smallest absolute Gasteiger partial charge is 0.300 e. The molecule has 6 nitrogen and oxygen atoms in total. The molecule has 2 heterocycles. The Hall–Kier alpha value is -3.80. The van der Waals surface area contributed by atoms with Crippen LogP contribution in [-0.2, 0) is 9.59 Å². The zero-order chi connectivity index (χ0) is 24.6. The van der Waals surface area contributed by atoms with Gasteiger partial charge in [0.25, 0.3) is 11.7 Å². The van der Waals surface area contributed by atoms with E-state index in [-0.39, 0.29) is 11.3 Å². The number of amides is 1. The van der Waals surface area contributed by atoms with Crippen LogP contribution in [0.15, 0.2) is 64.6 Å². The monoisotopic (exact) mass is 459 g/mol. The molecule has 1 N–H and O–H groups in total. The number of benzene rings is 2. The number of anilines is 1. The summed E-state index contributed by atoms with van der Waals surface area (Å²) < 4.78 is 11.7. The molecule has 0 aliphatic carbocycles. The Bertz CT molecular complexity index is 1270. The first-order valence-corrected chi connectivity index (χ1v) is 11.3. The van der Waals surface area contributed by atoms with E-state index in [1.807, 2.05) is 26.0 Å². The van der Waals surface area contributed by atoms with Crippen molar-refractivity contribution in [2.45, 2.75) is 40.7 Å². The number of nitrogens with zero attached hydrogens (tertiary/aromatic N) is 1. The predicted octanol–water partition coefficient (Wildman–Crippen LogP) is 5.87. The number of Topliss-reactive ketones (excluding diaryl/α,β-unsaturated/α-hetero) is 1. The van der Waals surface area contributed by atoms with E-state index in [2.05, 4.69) is 13.8 Å². The van der Waals surface area contributed by atoms with E-state index in [0.717, 1.165) is 11.1 Å². The molecule has 6 heteroatoms. The summed E-state index contributed by atoms with van der Waals surface area (Å²) >= 11 is 0. The maximum atomic E-state index is 13.2. The van der Waals surface area contributed by atoms with Crippen LogP contribution in [0.1, 0.15) is 48.1 Å². The zero-order valence-corrected chi connectivity index (χ0v) is 20.1. The standard InChI is InChI=1S/C28H29NO5/c1-16(2)15-33-22-13-9-20(14-18(22)4)26(30)24-25(23-12-8-19(5)34-23)29(28(32)27(24)31)21-10-6-17(3)7-11-21/h6-14,16,25,30H,15H2,1-5H3/b26-24-. The molecule has 1 saturated heterocycles. The van der Waals surface area contributed by atoms with Gasteiger partial charge in [0.1, 0.15) is 29.1 Å². The molecule has 0 bridgehead atoms. The van der Waals surface area contributed by atoms with Crippen LogP contribution in [0.4, 0.5) is 5.69 Å². The van der Waals surface area contributed by atoms with E-state index < -0.39 is 17.7 Å². The van der Waals surface area contributed by atoms with Gasteiger partial charge in [-0.05, 0) is 74.7 Å². The molecule has 0 spiro atoms. The van der Waals surface area contributed by atoms with Gasteiger partial charge >= 0.3 is 0 Å². The van der Waals surface area contributed by atoms with Crippen molar-refractivity contribution in [2.75, 3.05) is 11.5 Å². The quantitative estimate of drug-likeness (QED) is 0.283. The molecule has 34 heavy (non-hydrogen) atoms. The lowest BCUT2D eigenvalue weighted by Crippen LogP contribution is -2.29. The third-order valence-corrected chi connectivity index (χ3v) is 5.81. The Morgan fingerprint density at radius 1 is 1.03 bits per heavy atom. The highest BCUT2D eigenvalue weighted by Gasteiger charge is 2.48. The van der Waals surface area contributed by atoms with Crippen molar-refractivity contribution in [3.63, 3.8) is 0 Å². The van der Waals surface area contributed by atoms with E-state index in [4.69, 9.17) is 9.15 Å². The number of carbonyl (C=O) groups is 2. The molecule has 4 rings (SSSR count). The van der Waals surface area contributed by atoms with E-state index >= 15 is 0 Å². The number of hydrogen-bond donors (Lipinski definition) is 1. The summed E-state index contributed by atoms with van der Waals surface area (Å²) in [5, 5.41) is 11.3. The second-order valence-corrected chi connectivity index (χ2v) is 9.14. The van der Waals surface area contributed by atoms with Crippen molar-refractivity contribution in [1.29, 1.82) is 0 Å². The molecule has 1 unspecified atom stereocenters. The fourth-order valence-electron chi connectivity index (χ4n) is 4.04. The van der Waals surface area contributed by atoms with Gasteiger partial charge in [-0.3, -0.25) is 14.5 Å². The number of furan rings is 1. The first-order valence-electron chi connectivity index (χ1n) is 11.3. The Morgan fingerprint density at radius 3 is 2.32 bits per heavy atom. The van der Waals surface area contributed by atoms with Crippen molar-refractivity contribution in [3.8, 4) is 5.75 Å². The predicted molar refractivity (Wildman–Crippen MR) is 131 cm³/mol. The molecular formula is C28H29NO5. The number of aliphatic hydroxyl groups is 1. The van der Waals surface area contributed by atoms with Crippen LogP contribution < -0.4 is 9.64 Å². The topological polar surface area (TPSA) is 80.0 Å². The maximum absolute atomic E-state index is 13.2. The largest absolute Gasteiger partial charge is 0.507 e. The first kappa shape index (κ1) is 23.4. The van der Waals surface area contributed by atoms with E-state index in [1.165, 1.54) is 4.90 Å². The number of hydrogen-bond acceptors (Lipinski definition) is 5. The molecule has 0 saturated carbocycles. The number of carbonyl (C=O) groups excluding carboxylic acids is 2. The molecule has 1 amide bonds. The zero-order valence-electron chi connectivity index (χ0n) is 20.1. The van der Waals surface area contributed by atoms with Gasteiger partial charge in [-0.2, -0.15) is 0 Å². The van der Waals surface area contributed by atoms with Gasteiger partial charge in [0.2, 0.25) is 0 Å². The minimum atomic E-state index is -0.881. The number of aryl methyl sites for hydroxylation is 3. The van der Waals surface area contributed by atoms with Crippen molar-refractivity contribution >= 4 is 23.1 Å². The number of ether oxygens (including phenoxy) is 1. The fourth-order valence-corrected chi connectivity index (χ4v) is 4.04. The highest BCUT2D eigenvalue weighted by Crippen LogP contribution is 2.43. The lowest BCUT2D eigenvalue weighted by molar-refractivity contribution is -0.132. The van der Waals surface area contributed by atoms with Gasteiger partial charge in [0.15, 0.2) is 0 Å². The van der Waals surface area contributed by atoms with Crippen molar-refractivity contribution in [3.05, 3.63) is 88.4 Å². The van der Waals surface area contributed by atoms with Gasteiger partial charge in [-0.1, -0.05) is 31.5 Å². The van der Waals surface area contributed by atoms with Crippen molar-refractivity contribution in [2.24, 2.45) is 5.92 Å². The van der Waals surface area contributed by atoms with Crippen LogP contribution in [0, 0.1) is 26.7 Å². The average molecular weight is 460 g/mol.